The van der Waals surface area contributed by atoms with Gasteiger partial charge < -0.3 is 24.6 Å². The highest BCUT2D eigenvalue weighted by Gasteiger charge is 2.20. The number of hydrogen-bond acceptors (Lipinski definition) is 8. The number of carbonyl (C=O) groups excluding carboxylic acids is 1. The van der Waals surface area contributed by atoms with Crippen LogP contribution in [0.1, 0.15) is 16.3 Å². The molecule has 12 nitrogen and oxygen atoms in total. The van der Waals surface area contributed by atoms with Gasteiger partial charge in [0.25, 0.3) is 11.6 Å². The second kappa shape index (κ2) is 8.10. The summed E-state index contributed by atoms with van der Waals surface area (Å²) in [7, 11) is 1.35. The van der Waals surface area contributed by atoms with Crippen LogP contribution >= 0.6 is 15.9 Å². The van der Waals surface area contributed by atoms with Crippen molar-refractivity contribution in [3.63, 3.8) is 0 Å². The van der Waals surface area contributed by atoms with Gasteiger partial charge in [-0.3, -0.25) is 14.9 Å². The van der Waals surface area contributed by atoms with Crippen LogP contribution in [0.4, 0.5) is 17.2 Å². The number of methoxy groups -OCH3 is 1. The lowest BCUT2D eigenvalue weighted by atomic mass is 10.2. The number of nitrogens with zero attached hydrogens (tertiary/aromatic N) is 4. The van der Waals surface area contributed by atoms with Crippen LogP contribution in [0.3, 0.4) is 0 Å². The van der Waals surface area contributed by atoms with Crippen molar-refractivity contribution in [3.05, 3.63) is 72.8 Å². The minimum atomic E-state index is -0.633. The van der Waals surface area contributed by atoms with E-state index in [0.29, 0.717) is 5.76 Å². The molecule has 0 aliphatic heterocycles. The van der Waals surface area contributed by atoms with Gasteiger partial charge in [0, 0.05) is 12.1 Å². The Morgan fingerprint density at radius 1 is 1.28 bits per heavy atom. The summed E-state index contributed by atoms with van der Waals surface area (Å²) in [5.41, 5.74) is -0.0868. The monoisotopic (exact) mass is 465 g/mol. The molecule has 0 fully saturated rings. The molecule has 13 heteroatoms. The maximum Gasteiger partial charge on any atom is 0.404 e. The van der Waals surface area contributed by atoms with Crippen LogP contribution in [0.2, 0.25) is 0 Å². The summed E-state index contributed by atoms with van der Waals surface area (Å²) < 4.78 is 11.9. The fraction of sp³-hybridized carbons (Fsp3) is 0.125. The number of ether oxygens (including phenoxy) is 1. The van der Waals surface area contributed by atoms with Gasteiger partial charge in [0.1, 0.15) is 22.5 Å². The van der Waals surface area contributed by atoms with E-state index in [2.05, 4.69) is 26.3 Å². The zero-order chi connectivity index (χ0) is 21.1. The van der Waals surface area contributed by atoms with E-state index in [1.807, 2.05) is 0 Å². The number of aromatic nitrogens is 2. The molecule has 1 amide bonds. The van der Waals surface area contributed by atoms with Crippen molar-refractivity contribution >= 4 is 39.0 Å². The average molecular weight is 466 g/mol. The molecule has 0 bridgehead atoms. The van der Waals surface area contributed by atoms with Gasteiger partial charge in [0.2, 0.25) is 0 Å². The SMILES string of the molecule is COc1cc(NC(=O)c2ccc(Cn3cc(Br)c([N+](=O)[O-])n3)o2)cc([N+](=O)[O-])c1. The minimum Gasteiger partial charge on any atom is -0.496 e. The van der Waals surface area contributed by atoms with Gasteiger partial charge in [0.05, 0.1) is 35.1 Å². The topological polar surface area (TPSA) is 156 Å². The number of amides is 1. The zero-order valence-electron chi connectivity index (χ0n) is 14.7. The van der Waals surface area contributed by atoms with Gasteiger partial charge >= 0.3 is 5.82 Å². The maximum absolute atomic E-state index is 12.4. The van der Waals surface area contributed by atoms with Crippen LogP contribution in [-0.4, -0.2) is 32.6 Å². The van der Waals surface area contributed by atoms with E-state index in [9.17, 15) is 25.0 Å². The first-order chi connectivity index (χ1) is 13.8. The van der Waals surface area contributed by atoms with Crippen molar-refractivity contribution in [2.24, 2.45) is 0 Å². The largest absolute Gasteiger partial charge is 0.496 e. The Labute approximate surface area is 170 Å². The van der Waals surface area contributed by atoms with E-state index in [4.69, 9.17) is 9.15 Å². The molecule has 3 rings (SSSR count). The van der Waals surface area contributed by atoms with E-state index in [-0.39, 0.29) is 39.7 Å². The number of halogens is 1. The molecule has 0 saturated carbocycles. The average Bonchev–Trinajstić information content (AvgIpc) is 3.28. The highest BCUT2D eigenvalue weighted by molar-refractivity contribution is 9.10. The normalized spacial score (nSPS) is 10.6. The highest BCUT2D eigenvalue weighted by Crippen LogP contribution is 2.26. The Kier molecular flexibility index (Phi) is 5.59. The molecule has 2 heterocycles. The predicted octanol–water partition coefficient (Wildman–Crippen LogP) is 3.36. The first-order valence-corrected chi connectivity index (χ1v) is 8.67. The summed E-state index contributed by atoms with van der Waals surface area (Å²) in [5.74, 6) is -0.482. The molecule has 150 valence electrons. The fourth-order valence-corrected chi connectivity index (χ4v) is 2.87. The Bertz CT molecular complexity index is 1110. The van der Waals surface area contributed by atoms with Crippen molar-refractivity contribution in [2.45, 2.75) is 6.54 Å². The highest BCUT2D eigenvalue weighted by atomic mass is 79.9. The van der Waals surface area contributed by atoms with E-state index in [1.54, 1.807) is 0 Å². The zero-order valence-corrected chi connectivity index (χ0v) is 16.3. The molecule has 1 N–H and O–H groups in total. The summed E-state index contributed by atoms with van der Waals surface area (Å²) in [6, 6.07) is 6.76. The molecule has 3 aromatic rings. The molecule has 0 radical (unpaired) electrons. The van der Waals surface area contributed by atoms with Crippen LogP contribution < -0.4 is 10.1 Å². The summed E-state index contributed by atoms with van der Waals surface area (Å²) in [6.45, 7) is 0.0599. The quantitative estimate of drug-likeness (QED) is 0.410. The van der Waals surface area contributed by atoms with Crippen molar-refractivity contribution in [1.82, 2.24) is 9.78 Å². The molecular formula is C16H12BrN5O7. The molecule has 0 unspecified atom stereocenters. The number of nitro benzene ring substituents is 1. The molecule has 0 spiro atoms. The van der Waals surface area contributed by atoms with Gasteiger partial charge in [-0.1, -0.05) is 0 Å². The molecule has 0 atom stereocenters. The summed E-state index contributed by atoms with van der Waals surface area (Å²) in [5, 5.41) is 28.1. The van der Waals surface area contributed by atoms with E-state index >= 15 is 0 Å². The number of benzene rings is 1. The lowest BCUT2D eigenvalue weighted by molar-refractivity contribution is -0.390. The lowest BCUT2D eigenvalue weighted by Gasteiger charge is -2.06. The summed E-state index contributed by atoms with van der Waals surface area (Å²) >= 11 is 3.05. The number of non-ortho nitro benzene ring substituents is 1. The first kappa shape index (κ1) is 20.0. The smallest absolute Gasteiger partial charge is 0.404 e. The molecule has 0 aliphatic carbocycles. The van der Waals surface area contributed by atoms with Gasteiger partial charge in [-0.2, -0.15) is 4.68 Å². The third kappa shape index (κ3) is 4.57. The number of hydrogen-bond donors (Lipinski definition) is 1. The van der Waals surface area contributed by atoms with Crippen LogP contribution in [0, 0.1) is 20.2 Å². The van der Waals surface area contributed by atoms with Crippen LogP contribution in [0.5, 0.6) is 5.75 Å². The minimum absolute atomic E-state index is 0.0498. The summed E-state index contributed by atoms with van der Waals surface area (Å²) in [6.07, 6.45) is 1.41. The molecule has 2 aromatic heterocycles. The fourth-order valence-electron chi connectivity index (χ4n) is 2.41. The summed E-state index contributed by atoms with van der Waals surface area (Å²) in [4.78, 5) is 33.0. The number of anilines is 1. The first-order valence-electron chi connectivity index (χ1n) is 7.87. The predicted molar refractivity (Wildman–Crippen MR) is 102 cm³/mol. The van der Waals surface area contributed by atoms with Gasteiger partial charge in [-0.15, -0.1) is 0 Å². The second-order valence-electron chi connectivity index (χ2n) is 5.65. The van der Waals surface area contributed by atoms with Crippen molar-refractivity contribution in [3.8, 4) is 5.75 Å². The van der Waals surface area contributed by atoms with Gasteiger partial charge in [-0.25, -0.2) is 0 Å². The van der Waals surface area contributed by atoms with Gasteiger partial charge in [-0.05, 0) is 33.0 Å². The molecular weight excluding hydrogens is 454 g/mol. The number of nitro groups is 2. The van der Waals surface area contributed by atoms with Crippen molar-refractivity contribution in [2.75, 3.05) is 12.4 Å². The Hall–Kier alpha value is -3.74. The number of furan rings is 1. The second-order valence-corrected chi connectivity index (χ2v) is 6.51. The van der Waals surface area contributed by atoms with E-state index in [1.165, 1.54) is 48.3 Å². The lowest BCUT2D eigenvalue weighted by Crippen LogP contribution is -2.11. The van der Waals surface area contributed by atoms with Gasteiger partial charge in [0.15, 0.2) is 5.76 Å². The van der Waals surface area contributed by atoms with Crippen molar-refractivity contribution in [1.29, 1.82) is 0 Å². The molecule has 1 aromatic carbocycles. The molecule has 0 aliphatic rings. The number of carbonyl (C=O) groups is 1. The number of nitrogens with one attached hydrogen (secondary N) is 1. The van der Waals surface area contributed by atoms with E-state index in [0.717, 1.165) is 0 Å². The Morgan fingerprint density at radius 3 is 2.66 bits per heavy atom. The Morgan fingerprint density at radius 2 is 2.03 bits per heavy atom. The molecule has 29 heavy (non-hydrogen) atoms. The van der Waals surface area contributed by atoms with Crippen LogP contribution in [0.15, 0.2) is 45.4 Å². The third-order valence-electron chi connectivity index (χ3n) is 3.67. The van der Waals surface area contributed by atoms with Crippen LogP contribution in [-0.2, 0) is 6.54 Å². The van der Waals surface area contributed by atoms with Crippen LogP contribution in [0.25, 0.3) is 0 Å². The van der Waals surface area contributed by atoms with Crippen molar-refractivity contribution < 1.29 is 23.8 Å². The number of rotatable bonds is 7. The van der Waals surface area contributed by atoms with E-state index < -0.39 is 15.8 Å². The maximum atomic E-state index is 12.4. The standard InChI is InChI=1S/C16H12BrN5O7/c1-28-12-5-9(4-10(6-12)21(24)25)18-16(23)14-3-2-11(29-14)7-20-8-13(17)15(19-20)22(26)27/h2-6,8H,7H2,1H3,(H,18,23). The molecule has 0 saturated heterocycles. The Balaban J connectivity index is 1.74. The third-order valence-corrected chi connectivity index (χ3v) is 4.23.